The molecule has 0 spiro atoms. The maximum Gasteiger partial charge on any atom is 0.224 e. The number of ether oxygens (including phenoxy) is 2. The normalized spacial score (nSPS) is 19.7. The Morgan fingerprint density at radius 1 is 1.32 bits per heavy atom. The molecule has 0 radical (unpaired) electrons. The molecule has 8 heteroatoms. The van der Waals surface area contributed by atoms with Crippen molar-refractivity contribution >= 4 is 33.0 Å². The molecule has 0 bridgehead atoms. The van der Waals surface area contributed by atoms with Crippen LogP contribution in [0.3, 0.4) is 0 Å². The first kappa shape index (κ1) is 16.9. The van der Waals surface area contributed by atoms with Crippen LogP contribution in [0.15, 0.2) is 12.1 Å². The molecule has 0 saturated carbocycles. The lowest BCUT2D eigenvalue weighted by molar-refractivity contribution is -0.116. The van der Waals surface area contributed by atoms with E-state index in [0.717, 1.165) is 0 Å². The lowest BCUT2D eigenvalue weighted by Crippen LogP contribution is -2.18. The molecule has 6 nitrogen and oxygen atoms in total. The zero-order chi connectivity index (χ0) is 16.3. The van der Waals surface area contributed by atoms with Gasteiger partial charge in [-0.25, -0.2) is 8.42 Å². The van der Waals surface area contributed by atoms with Crippen LogP contribution in [0.2, 0.25) is 5.02 Å². The summed E-state index contributed by atoms with van der Waals surface area (Å²) in [6.45, 7) is 0. The van der Waals surface area contributed by atoms with Gasteiger partial charge in [-0.15, -0.1) is 0 Å². The first-order valence-electron chi connectivity index (χ1n) is 6.76. The summed E-state index contributed by atoms with van der Waals surface area (Å²) in [6, 6.07) is 3.13. The first-order valence-corrected chi connectivity index (χ1v) is 8.96. The second-order valence-electron chi connectivity index (χ2n) is 5.21. The van der Waals surface area contributed by atoms with Gasteiger partial charge in [-0.2, -0.15) is 0 Å². The Morgan fingerprint density at radius 3 is 2.55 bits per heavy atom. The highest BCUT2D eigenvalue weighted by molar-refractivity contribution is 7.91. The lowest BCUT2D eigenvalue weighted by Gasteiger charge is -2.14. The van der Waals surface area contributed by atoms with Gasteiger partial charge >= 0.3 is 0 Å². The number of rotatable bonds is 5. The highest BCUT2D eigenvalue weighted by atomic mass is 35.5. The predicted octanol–water partition coefficient (Wildman–Crippen LogP) is 2.12. The fourth-order valence-electron chi connectivity index (χ4n) is 2.45. The number of methoxy groups -OCH3 is 2. The molecule has 1 fully saturated rings. The molecule has 122 valence electrons. The van der Waals surface area contributed by atoms with Crippen molar-refractivity contribution in [1.29, 1.82) is 0 Å². The standard InChI is InChI=1S/C14H18ClNO5S/c1-20-12-7-11(13(21-2)6-10(12)15)16-14(17)5-9-3-4-22(18,19)8-9/h6-7,9H,3-5,8H2,1-2H3,(H,16,17)/t9-/m0/s1. The largest absolute Gasteiger partial charge is 0.495 e. The van der Waals surface area contributed by atoms with E-state index in [1.807, 2.05) is 0 Å². The summed E-state index contributed by atoms with van der Waals surface area (Å²) in [6.07, 6.45) is 0.685. The third-order valence-electron chi connectivity index (χ3n) is 3.55. The average molecular weight is 348 g/mol. The number of hydrogen-bond donors (Lipinski definition) is 1. The van der Waals surface area contributed by atoms with E-state index in [2.05, 4.69) is 5.32 Å². The Kier molecular flexibility index (Phi) is 5.18. The van der Waals surface area contributed by atoms with Gasteiger partial charge < -0.3 is 14.8 Å². The summed E-state index contributed by atoms with van der Waals surface area (Å²) in [7, 11) is -0.0407. The Labute approximate surface area is 134 Å². The van der Waals surface area contributed by atoms with Crippen LogP contribution >= 0.6 is 11.6 Å². The Morgan fingerprint density at radius 2 is 2.00 bits per heavy atom. The van der Waals surface area contributed by atoms with Crippen molar-refractivity contribution < 1.29 is 22.7 Å². The van der Waals surface area contributed by atoms with Crippen LogP contribution in [0.1, 0.15) is 12.8 Å². The molecule has 1 saturated heterocycles. The van der Waals surface area contributed by atoms with Gasteiger partial charge in [0.15, 0.2) is 9.84 Å². The SMILES string of the molecule is COc1cc(NC(=O)C[C@@H]2CCS(=O)(=O)C2)c(OC)cc1Cl. The fourth-order valence-corrected chi connectivity index (χ4v) is 4.55. The van der Waals surface area contributed by atoms with Gasteiger partial charge in [0.05, 0.1) is 36.4 Å². The van der Waals surface area contributed by atoms with Crippen LogP contribution in [0, 0.1) is 5.92 Å². The van der Waals surface area contributed by atoms with Gasteiger partial charge in [0.1, 0.15) is 11.5 Å². The number of sulfone groups is 1. The van der Waals surface area contributed by atoms with Crippen LogP contribution in [0.5, 0.6) is 11.5 Å². The zero-order valence-electron chi connectivity index (χ0n) is 12.4. The molecule has 1 N–H and O–H groups in total. The molecule has 0 aromatic heterocycles. The van der Waals surface area contributed by atoms with Crippen molar-refractivity contribution in [3.63, 3.8) is 0 Å². The van der Waals surface area contributed by atoms with Crippen LogP contribution in [-0.2, 0) is 14.6 Å². The van der Waals surface area contributed by atoms with Gasteiger partial charge in [-0.05, 0) is 12.3 Å². The maximum atomic E-state index is 12.1. The summed E-state index contributed by atoms with van der Waals surface area (Å²) >= 11 is 6.00. The summed E-state index contributed by atoms with van der Waals surface area (Å²) in [5.41, 5.74) is 0.439. The van der Waals surface area contributed by atoms with E-state index in [4.69, 9.17) is 21.1 Å². The number of amides is 1. The summed E-state index contributed by atoms with van der Waals surface area (Å²) in [5.74, 6) is 0.666. The highest BCUT2D eigenvalue weighted by Gasteiger charge is 2.29. The molecule has 1 aliphatic rings. The van der Waals surface area contributed by atoms with Crippen LogP contribution in [-0.4, -0.2) is 40.1 Å². The molecular formula is C14H18ClNO5S. The minimum absolute atomic E-state index is 0.0709. The van der Waals surface area contributed by atoms with Gasteiger partial charge in [0.2, 0.25) is 5.91 Å². The molecule has 1 aliphatic heterocycles. The monoisotopic (exact) mass is 347 g/mol. The number of nitrogens with one attached hydrogen (secondary N) is 1. The van der Waals surface area contributed by atoms with Crippen LogP contribution < -0.4 is 14.8 Å². The summed E-state index contributed by atoms with van der Waals surface area (Å²) in [4.78, 5) is 12.1. The minimum Gasteiger partial charge on any atom is -0.495 e. The molecule has 1 amide bonds. The smallest absolute Gasteiger partial charge is 0.224 e. The van der Waals surface area contributed by atoms with Crippen molar-refractivity contribution in [3.05, 3.63) is 17.2 Å². The highest BCUT2D eigenvalue weighted by Crippen LogP contribution is 2.36. The van der Waals surface area contributed by atoms with Gasteiger partial charge in [-0.3, -0.25) is 4.79 Å². The first-order chi connectivity index (χ1) is 10.3. The van der Waals surface area contributed by atoms with Gasteiger partial charge in [-0.1, -0.05) is 11.6 Å². The predicted molar refractivity (Wildman–Crippen MR) is 84.6 cm³/mol. The second kappa shape index (κ2) is 6.75. The number of hydrogen-bond acceptors (Lipinski definition) is 5. The van der Waals surface area contributed by atoms with Crippen LogP contribution in [0.25, 0.3) is 0 Å². The Hall–Kier alpha value is -1.47. The number of benzene rings is 1. The molecule has 1 heterocycles. The zero-order valence-corrected chi connectivity index (χ0v) is 14.0. The molecule has 0 aliphatic carbocycles. The van der Waals surface area contributed by atoms with Crippen molar-refractivity contribution in [1.82, 2.24) is 0 Å². The van der Waals surface area contributed by atoms with E-state index in [-0.39, 0.29) is 29.8 Å². The molecule has 1 aromatic carbocycles. The van der Waals surface area contributed by atoms with Gasteiger partial charge in [0, 0.05) is 18.6 Å². The third kappa shape index (κ3) is 4.04. The number of anilines is 1. The number of carbonyl (C=O) groups excluding carboxylic acids is 1. The molecule has 1 atom stereocenters. The van der Waals surface area contributed by atoms with Crippen molar-refractivity contribution in [2.75, 3.05) is 31.0 Å². The molecule has 1 aromatic rings. The molecule has 2 rings (SSSR count). The van der Waals surface area contributed by atoms with Crippen molar-refractivity contribution in [3.8, 4) is 11.5 Å². The molecule has 22 heavy (non-hydrogen) atoms. The van der Waals surface area contributed by atoms with E-state index >= 15 is 0 Å². The van der Waals surface area contributed by atoms with E-state index in [1.165, 1.54) is 14.2 Å². The Bertz CT molecular complexity index is 674. The van der Waals surface area contributed by atoms with E-state index in [0.29, 0.717) is 28.6 Å². The average Bonchev–Trinajstić information content (AvgIpc) is 2.79. The molecule has 0 unspecified atom stereocenters. The van der Waals surface area contributed by atoms with Crippen molar-refractivity contribution in [2.45, 2.75) is 12.8 Å². The second-order valence-corrected chi connectivity index (χ2v) is 7.84. The summed E-state index contributed by atoms with van der Waals surface area (Å²) in [5, 5.41) is 3.09. The maximum absolute atomic E-state index is 12.1. The van der Waals surface area contributed by atoms with E-state index in [9.17, 15) is 13.2 Å². The lowest BCUT2D eigenvalue weighted by atomic mass is 10.0. The van der Waals surface area contributed by atoms with E-state index < -0.39 is 9.84 Å². The van der Waals surface area contributed by atoms with Gasteiger partial charge in [0.25, 0.3) is 0 Å². The Balaban J connectivity index is 2.08. The van der Waals surface area contributed by atoms with Crippen LogP contribution in [0.4, 0.5) is 5.69 Å². The minimum atomic E-state index is -2.99. The fraction of sp³-hybridized carbons (Fsp3) is 0.500. The quantitative estimate of drug-likeness (QED) is 0.882. The topological polar surface area (TPSA) is 81.7 Å². The molecular weight excluding hydrogens is 330 g/mol. The number of halogens is 1. The third-order valence-corrected chi connectivity index (χ3v) is 5.68. The summed E-state index contributed by atoms with van der Waals surface area (Å²) < 4.78 is 33.1. The van der Waals surface area contributed by atoms with Crippen molar-refractivity contribution in [2.24, 2.45) is 5.92 Å². The van der Waals surface area contributed by atoms with E-state index in [1.54, 1.807) is 12.1 Å². The number of carbonyl (C=O) groups is 1.